The molecule has 1 unspecified atom stereocenters. The highest BCUT2D eigenvalue weighted by Crippen LogP contribution is 2.24. The van der Waals surface area contributed by atoms with E-state index in [0.717, 1.165) is 31.5 Å². The monoisotopic (exact) mass is 317 g/mol. The Balaban J connectivity index is 1.60. The lowest BCUT2D eigenvalue weighted by molar-refractivity contribution is -0.126. The maximum Gasteiger partial charge on any atom is 0.317 e. The molecule has 2 fully saturated rings. The summed E-state index contributed by atoms with van der Waals surface area (Å²) in [5.41, 5.74) is 0.922. The summed E-state index contributed by atoms with van der Waals surface area (Å²) in [6.45, 7) is 4.25. The fraction of sp³-hybridized carbons (Fsp3) is 0.562. The standard InChI is InChI=1S/C16H23N5O2/c22-15(18-6-10-21-11-7-19-16(21)23)14(20-8-1-2-9-20)13-4-3-5-17-12-13/h3-5,12,14H,1-2,6-11H2,(H,18,22)(H,19,23). The number of hydrogen-bond donors (Lipinski definition) is 2. The normalized spacial score (nSPS) is 19.7. The third-order valence-electron chi connectivity index (χ3n) is 4.38. The van der Waals surface area contributed by atoms with Crippen LogP contribution in [0.3, 0.4) is 0 Å². The first-order valence-electron chi connectivity index (χ1n) is 8.20. The van der Waals surface area contributed by atoms with Gasteiger partial charge < -0.3 is 15.5 Å². The van der Waals surface area contributed by atoms with E-state index in [4.69, 9.17) is 0 Å². The molecule has 3 amide bonds. The lowest BCUT2D eigenvalue weighted by Crippen LogP contribution is -2.42. The zero-order valence-electron chi connectivity index (χ0n) is 13.2. The maximum absolute atomic E-state index is 12.7. The van der Waals surface area contributed by atoms with Crippen molar-refractivity contribution in [3.05, 3.63) is 30.1 Å². The van der Waals surface area contributed by atoms with Crippen LogP contribution in [0.4, 0.5) is 4.79 Å². The summed E-state index contributed by atoms with van der Waals surface area (Å²) >= 11 is 0. The van der Waals surface area contributed by atoms with Crippen molar-refractivity contribution in [1.29, 1.82) is 0 Å². The van der Waals surface area contributed by atoms with Gasteiger partial charge in [-0.1, -0.05) is 6.07 Å². The van der Waals surface area contributed by atoms with Crippen LogP contribution in [0.15, 0.2) is 24.5 Å². The van der Waals surface area contributed by atoms with Crippen molar-refractivity contribution in [3.8, 4) is 0 Å². The molecule has 1 atom stereocenters. The zero-order chi connectivity index (χ0) is 16.1. The van der Waals surface area contributed by atoms with Crippen LogP contribution in [-0.4, -0.2) is 66.0 Å². The van der Waals surface area contributed by atoms with Crippen molar-refractivity contribution in [2.45, 2.75) is 18.9 Å². The topological polar surface area (TPSA) is 77.6 Å². The summed E-state index contributed by atoms with van der Waals surface area (Å²) in [6, 6.07) is 3.46. The molecular weight excluding hydrogens is 294 g/mol. The minimum Gasteiger partial charge on any atom is -0.353 e. The molecule has 2 saturated heterocycles. The van der Waals surface area contributed by atoms with Gasteiger partial charge in [-0.15, -0.1) is 0 Å². The number of aromatic nitrogens is 1. The first-order chi connectivity index (χ1) is 11.3. The second-order valence-electron chi connectivity index (χ2n) is 5.94. The van der Waals surface area contributed by atoms with Crippen molar-refractivity contribution in [2.75, 3.05) is 39.3 Å². The minimum atomic E-state index is -0.293. The first kappa shape index (κ1) is 15.7. The molecule has 2 N–H and O–H groups in total. The number of carbonyl (C=O) groups excluding carboxylic acids is 2. The SMILES string of the molecule is O=C(NCCN1CCNC1=O)C(c1cccnc1)N1CCCC1. The van der Waals surface area contributed by atoms with E-state index in [0.29, 0.717) is 26.2 Å². The molecule has 0 spiro atoms. The number of hydrogen-bond acceptors (Lipinski definition) is 4. The van der Waals surface area contributed by atoms with Gasteiger partial charge in [0.05, 0.1) is 0 Å². The van der Waals surface area contributed by atoms with E-state index in [9.17, 15) is 9.59 Å². The molecule has 0 bridgehead atoms. The van der Waals surface area contributed by atoms with Crippen LogP contribution in [0.1, 0.15) is 24.4 Å². The van der Waals surface area contributed by atoms with E-state index in [1.54, 1.807) is 17.3 Å². The number of pyridine rings is 1. The number of amides is 3. The lowest BCUT2D eigenvalue weighted by atomic mass is 10.1. The van der Waals surface area contributed by atoms with E-state index < -0.39 is 0 Å². The van der Waals surface area contributed by atoms with Crippen LogP contribution in [0.5, 0.6) is 0 Å². The maximum atomic E-state index is 12.7. The predicted octanol–water partition coefficient (Wildman–Crippen LogP) is 0.360. The van der Waals surface area contributed by atoms with Gasteiger partial charge in [-0.3, -0.25) is 14.7 Å². The molecular formula is C16H23N5O2. The van der Waals surface area contributed by atoms with Crippen molar-refractivity contribution < 1.29 is 9.59 Å². The van der Waals surface area contributed by atoms with Crippen LogP contribution < -0.4 is 10.6 Å². The van der Waals surface area contributed by atoms with E-state index in [1.807, 2.05) is 12.1 Å². The molecule has 2 aliphatic rings. The fourth-order valence-corrected chi connectivity index (χ4v) is 3.20. The van der Waals surface area contributed by atoms with Gasteiger partial charge >= 0.3 is 6.03 Å². The van der Waals surface area contributed by atoms with Crippen LogP contribution in [0.2, 0.25) is 0 Å². The average molecular weight is 317 g/mol. The molecule has 3 rings (SSSR count). The summed E-state index contributed by atoms with van der Waals surface area (Å²) in [6.07, 6.45) is 5.72. The van der Waals surface area contributed by atoms with E-state index in [2.05, 4.69) is 20.5 Å². The average Bonchev–Trinajstić information content (AvgIpc) is 3.21. The van der Waals surface area contributed by atoms with Crippen molar-refractivity contribution in [2.24, 2.45) is 0 Å². The Morgan fingerprint density at radius 3 is 2.83 bits per heavy atom. The Morgan fingerprint density at radius 1 is 1.35 bits per heavy atom. The molecule has 1 aromatic rings. The van der Waals surface area contributed by atoms with Gasteiger partial charge in [-0.25, -0.2) is 4.79 Å². The molecule has 2 aliphatic heterocycles. The van der Waals surface area contributed by atoms with Crippen LogP contribution in [0.25, 0.3) is 0 Å². The molecule has 1 aromatic heterocycles. The molecule has 0 aliphatic carbocycles. The quantitative estimate of drug-likeness (QED) is 0.794. The summed E-state index contributed by atoms with van der Waals surface area (Å²) < 4.78 is 0. The van der Waals surface area contributed by atoms with Gasteiger partial charge in [-0.2, -0.15) is 0 Å². The Labute approximate surface area is 136 Å². The molecule has 23 heavy (non-hydrogen) atoms. The number of rotatable bonds is 6. The second kappa shape index (κ2) is 7.41. The second-order valence-corrected chi connectivity index (χ2v) is 5.94. The molecule has 7 nitrogen and oxygen atoms in total. The third-order valence-corrected chi connectivity index (χ3v) is 4.38. The van der Waals surface area contributed by atoms with Crippen molar-refractivity contribution in [1.82, 2.24) is 25.4 Å². The Kier molecular flexibility index (Phi) is 5.07. The van der Waals surface area contributed by atoms with Gasteiger partial charge in [-0.05, 0) is 37.6 Å². The molecule has 0 radical (unpaired) electrons. The zero-order valence-corrected chi connectivity index (χ0v) is 13.2. The summed E-state index contributed by atoms with van der Waals surface area (Å²) in [4.78, 5) is 32.3. The number of urea groups is 1. The largest absolute Gasteiger partial charge is 0.353 e. The smallest absolute Gasteiger partial charge is 0.317 e. The van der Waals surface area contributed by atoms with Gasteiger partial charge in [0.25, 0.3) is 0 Å². The Morgan fingerprint density at radius 2 is 2.17 bits per heavy atom. The van der Waals surface area contributed by atoms with Crippen molar-refractivity contribution >= 4 is 11.9 Å². The summed E-state index contributed by atoms with van der Waals surface area (Å²) in [5.74, 6) is -0.0143. The van der Waals surface area contributed by atoms with E-state index >= 15 is 0 Å². The molecule has 3 heterocycles. The minimum absolute atomic E-state index is 0.0143. The van der Waals surface area contributed by atoms with E-state index in [1.165, 1.54) is 0 Å². The lowest BCUT2D eigenvalue weighted by Gasteiger charge is -2.27. The molecule has 0 aromatic carbocycles. The number of likely N-dealkylation sites (tertiary alicyclic amines) is 1. The highest BCUT2D eigenvalue weighted by molar-refractivity contribution is 5.83. The van der Waals surface area contributed by atoms with Gasteiger partial charge in [0.2, 0.25) is 5.91 Å². The molecule has 0 saturated carbocycles. The number of nitrogens with zero attached hydrogens (tertiary/aromatic N) is 3. The predicted molar refractivity (Wildman–Crippen MR) is 85.8 cm³/mol. The highest BCUT2D eigenvalue weighted by atomic mass is 16.2. The molecule has 124 valence electrons. The molecule has 7 heteroatoms. The highest BCUT2D eigenvalue weighted by Gasteiger charge is 2.30. The fourth-order valence-electron chi connectivity index (χ4n) is 3.20. The van der Waals surface area contributed by atoms with Crippen LogP contribution in [0, 0.1) is 0 Å². The first-order valence-corrected chi connectivity index (χ1v) is 8.20. The van der Waals surface area contributed by atoms with Crippen LogP contribution >= 0.6 is 0 Å². The van der Waals surface area contributed by atoms with Gasteiger partial charge in [0.15, 0.2) is 0 Å². The van der Waals surface area contributed by atoms with E-state index in [-0.39, 0.29) is 18.0 Å². The van der Waals surface area contributed by atoms with Gasteiger partial charge in [0, 0.05) is 38.6 Å². The van der Waals surface area contributed by atoms with Crippen molar-refractivity contribution in [3.63, 3.8) is 0 Å². The summed E-state index contributed by atoms with van der Waals surface area (Å²) in [7, 11) is 0. The Bertz CT molecular complexity index is 545. The third kappa shape index (κ3) is 3.79. The number of carbonyl (C=O) groups is 2. The number of nitrogens with one attached hydrogen (secondary N) is 2. The summed E-state index contributed by atoms with van der Waals surface area (Å²) in [5, 5.41) is 5.73. The van der Waals surface area contributed by atoms with Crippen LogP contribution in [-0.2, 0) is 4.79 Å². The van der Waals surface area contributed by atoms with Gasteiger partial charge in [0.1, 0.15) is 6.04 Å². The Hall–Kier alpha value is -2.15.